The predicted molar refractivity (Wildman–Crippen MR) is 60.2 cm³/mol. The van der Waals surface area contributed by atoms with Crippen molar-refractivity contribution in [1.82, 2.24) is 0 Å². The third-order valence-electron chi connectivity index (χ3n) is 1.89. The molecule has 0 N–H and O–H groups in total. The van der Waals surface area contributed by atoms with Crippen LogP contribution in [0.25, 0.3) is 0 Å². The van der Waals surface area contributed by atoms with E-state index in [0.29, 0.717) is 3.57 Å². The molecule has 0 fully saturated rings. The lowest BCUT2D eigenvalue weighted by Gasteiger charge is -2.09. The summed E-state index contributed by atoms with van der Waals surface area (Å²) in [4.78, 5) is 11.3. The van der Waals surface area contributed by atoms with Crippen molar-refractivity contribution in [1.29, 1.82) is 5.26 Å². The Morgan fingerprint density at radius 1 is 1.56 bits per heavy atom. The van der Waals surface area contributed by atoms with Crippen LogP contribution in [0.5, 0.6) is 0 Å². The summed E-state index contributed by atoms with van der Waals surface area (Å²) in [5.74, 6) is -0.870. The van der Waals surface area contributed by atoms with Crippen molar-refractivity contribution in [3.63, 3.8) is 0 Å². The second-order valence-electron chi connectivity index (χ2n) is 2.82. The van der Waals surface area contributed by atoms with E-state index >= 15 is 0 Å². The molecule has 1 rings (SSSR count). The van der Waals surface area contributed by atoms with E-state index in [1.807, 2.05) is 22.6 Å². The minimum Gasteiger partial charge on any atom is -0.465 e. The molecule has 84 valence electrons. The Morgan fingerprint density at radius 3 is 2.62 bits per heavy atom. The van der Waals surface area contributed by atoms with Gasteiger partial charge in [-0.2, -0.15) is 5.26 Å². The number of benzene rings is 1. The van der Waals surface area contributed by atoms with Gasteiger partial charge in [0.2, 0.25) is 0 Å². The topological polar surface area (TPSA) is 50.1 Å². The highest BCUT2D eigenvalue weighted by Crippen LogP contribution is 2.28. The largest absolute Gasteiger partial charge is 0.465 e. The van der Waals surface area contributed by atoms with Crippen molar-refractivity contribution in [3.05, 3.63) is 32.4 Å². The third-order valence-corrected chi connectivity index (χ3v) is 2.51. The van der Waals surface area contributed by atoms with Gasteiger partial charge < -0.3 is 4.74 Å². The molecule has 0 aliphatic rings. The van der Waals surface area contributed by atoms with E-state index in [0.717, 1.165) is 7.11 Å². The van der Waals surface area contributed by atoms with Crippen LogP contribution in [-0.2, 0) is 4.74 Å². The summed E-state index contributed by atoms with van der Waals surface area (Å²) in [6, 6.07) is 4.22. The second-order valence-corrected chi connectivity index (χ2v) is 4.06. The summed E-state index contributed by atoms with van der Waals surface area (Å²) in [5.41, 5.74) is -1.04. The average molecular weight is 337 g/mol. The number of halogens is 3. The van der Waals surface area contributed by atoms with Gasteiger partial charge in [0, 0.05) is 3.57 Å². The fourth-order valence-electron chi connectivity index (χ4n) is 1.22. The molecule has 0 saturated heterocycles. The highest BCUT2D eigenvalue weighted by atomic mass is 127. The van der Waals surface area contributed by atoms with Gasteiger partial charge in [-0.05, 0) is 34.7 Å². The van der Waals surface area contributed by atoms with Crippen LogP contribution in [0.3, 0.4) is 0 Å². The number of methoxy groups -OCH3 is 1. The normalized spacial score (nSPS) is 10.0. The Labute approximate surface area is 104 Å². The molecule has 0 saturated carbocycles. The Balaban J connectivity index is 3.52. The number of carbonyl (C=O) groups excluding carboxylic acids is 1. The molecule has 0 bridgehead atoms. The van der Waals surface area contributed by atoms with Crippen molar-refractivity contribution < 1.29 is 18.3 Å². The van der Waals surface area contributed by atoms with Crippen LogP contribution in [-0.4, -0.2) is 13.1 Å². The van der Waals surface area contributed by atoms with Crippen LogP contribution >= 0.6 is 22.6 Å². The van der Waals surface area contributed by atoms with Crippen molar-refractivity contribution in [2.45, 2.75) is 6.43 Å². The van der Waals surface area contributed by atoms with Gasteiger partial charge in [0.15, 0.2) is 0 Å². The maximum Gasteiger partial charge on any atom is 0.338 e. The number of hydrogen-bond donors (Lipinski definition) is 0. The first-order valence-corrected chi connectivity index (χ1v) is 5.19. The number of nitriles is 1. The molecule has 16 heavy (non-hydrogen) atoms. The smallest absolute Gasteiger partial charge is 0.338 e. The lowest BCUT2D eigenvalue weighted by atomic mass is 10.0. The molecule has 0 unspecified atom stereocenters. The van der Waals surface area contributed by atoms with Crippen molar-refractivity contribution in [2.24, 2.45) is 0 Å². The first kappa shape index (κ1) is 12.8. The Morgan fingerprint density at radius 2 is 2.19 bits per heavy atom. The zero-order valence-corrected chi connectivity index (χ0v) is 10.3. The number of rotatable bonds is 2. The fourth-order valence-corrected chi connectivity index (χ4v) is 1.85. The van der Waals surface area contributed by atoms with Crippen LogP contribution in [0.4, 0.5) is 8.78 Å². The first-order valence-electron chi connectivity index (χ1n) is 4.11. The van der Waals surface area contributed by atoms with E-state index in [2.05, 4.69) is 4.74 Å². The highest BCUT2D eigenvalue weighted by Gasteiger charge is 2.23. The van der Waals surface area contributed by atoms with Crippen LogP contribution in [0, 0.1) is 14.9 Å². The van der Waals surface area contributed by atoms with E-state index in [1.165, 1.54) is 12.1 Å². The van der Waals surface area contributed by atoms with Gasteiger partial charge in [0.05, 0.1) is 29.9 Å². The molecule has 6 heteroatoms. The van der Waals surface area contributed by atoms with Crippen LogP contribution in [0.15, 0.2) is 12.1 Å². The number of alkyl halides is 2. The molecule has 0 heterocycles. The van der Waals surface area contributed by atoms with Crippen LogP contribution < -0.4 is 0 Å². The van der Waals surface area contributed by atoms with E-state index in [-0.39, 0.29) is 11.1 Å². The standard InChI is InChI=1S/C10H6F2INO2/c1-16-10(15)7-3-6(13)2-5(4-14)8(7)9(11)12/h2-3,9H,1H3. The summed E-state index contributed by atoms with van der Waals surface area (Å²) in [6.07, 6.45) is -2.89. The summed E-state index contributed by atoms with van der Waals surface area (Å²) in [6.45, 7) is 0. The SMILES string of the molecule is COC(=O)c1cc(I)cc(C#N)c1C(F)F. The van der Waals surface area contributed by atoms with E-state index in [4.69, 9.17) is 5.26 Å². The molecule has 0 aliphatic carbocycles. The fraction of sp³-hybridized carbons (Fsp3) is 0.200. The summed E-state index contributed by atoms with van der Waals surface area (Å²) >= 11 is 1.84. The molecule has 0 spiro atoms. The first-order chi connectivity index (χ1) is 7.51. The Bertz CT molecular complexity index is 469. The maximum absolute atomic E-state index is 12.7. The molecule has 0 aliphatic heterocycles. The summed E-state index contributed by atoms with van der Waals surface area (Å²) in [5, 5.41) is 8.73. The molecule has 3 nitrogen and oxygen atoms in total. The van der Waals surface area contributed by atoms with Gasteiger partial charge in [-0.25, -0.2) is 13.6 Å². The average Bonchev–Trinajstić information content (AvgIpc) is 2.26. The third kappa shape index (κ3) is 2.47. The van der Waals surface area contributed by atoms with Crippen LogP contribution in [0.1, 0.15) is 27.9 Å². The van der Waals surface area contributed by atoms with Crippen molar-refractivity contribution in [3.8, 4) is 6.07 Å². The minimum absolute atomic E-state index is 0.206. The zero-order valence-electron chi connectivity index (χ0n) is 8.13. The molecule has 1 aromatic carbocycles. The molecule has 0 radical (unpaired) electrons. The Hall–Kier alpha value is -1.23. The highest BCUT2D eigenvalue weighted by molar-refractivity contribution is 14.1. The number of esters is 1. The monoisotopic (exact) mass is 337 g/mol. The summed E-state index contributed by atoms with van der Waals surface area (Å²) in [7, 11) is 1.10. The van der Waals surface area contributed by atoms with E-state index in [1.54, 1.807) is 6.07 Å². The molecular formula is C10H6F2INO2. The van der Waals surface area contributed by atoms with Crippen molar-refractivity contribution in [2.75, 3.05) is 7.11 Å². The zero-order chi connectivity index (χ0) is 12.3. The number of hydrogen-bond acceptors (Lipinski definition) is 3. The van der Waals surface area contributed by atoms with Gasteiger partial charge in [0.25, 0.3) is 6.43 Å². The van der Waals surface area contributed by atoms with Crippen LogP contribution in [0.2, 0.25) is 0 Å². The lowest BCUT2D eigenvalue weighted by Crippen LogP contribution is -2.08. The van der Waals surface area contributed by atoms with Gasteiger partial charge in [-0.3, -0.25) is 0 Å². The summed E-state index contributed by atoms with van der Waals surface area (Å²) < 4.78 is 30.4. The van der Waals surface area contributed by atoms with Crippen molar-refractivity contribution >= 4 is 28.6 Å². The second kappa shape index (κ2) is 5.21. The lowest BCUT2D eigenvalue weighted by molar-refractivity contribution is 0.0589. The van der Waals surface area contributed by atoms with Gasteiger partial charge in [0.1, 0.15) is 0 Å². The number of ether oxygens (including phenoxy) is 1. The predicted octanol–water partition coefficient (Wildman–Crippen LogP) is 2.89. The van der Waals surface area contributed by atoms with E-state index in [9.17, 15) is 13.6 Å². The molecule has 0 aromatic heterocycles. The molecular weight excluding hydrogens is 331 g/mol. The minimum atomic E-state index is -2.89. The van der Waals surface area contributed by atoms with E-state index < -0.39 is 18.0 Å². The molecule has 0 amide bonds. The molecule has 1 aromatic rings. The number of nitrogens with zero attached hydrogens (tertiary/aromatic N) is 1. The molecule has 0 atom stereocenters. The van der Waals surface area contributed by atoms with Gasteiger partial charge in [-0.1, -0.05) is 0 Å². The van der Waals surface area contributed by atoms with Gasteiger partial charge >= 0.3 is 5.97 Å². The Kier molecular flexibility index (Phi) is 4.18. The maximum atomic E-state index is 12.7. The van der Waals surface area contributed by atoms with Gasteiger partial charge in [-0.15, -0.1) is 0 Å². The quantitative estimate of drug-likeness (QED) is 0.616. The number of carbonyl (C=O) groups is 1.